The van der Waals surface area contributed by atoms with Gasteiger partial charge in [-0.25, -0.2) is 4.79 Å². The summed E-state index contributed by atoms with van der Waals surface area (Å²) >= 11 is 0. The van der Waals surface area contributed by atoms with E-state index in [1.54, 1.807) is 10.6 Å². The van der Waals surface area contributed by atoms with Crippen molar-refractivity contribution < 1.29 is 4.39 Å². The first-order valence-corrected chi connectivity index (χ1v) is 4.36. The number of aromatic nitrogens is 3. The predicted molar refractivity (Wildman–Crippen MR) is 50.7 cm³/mol. The van der Waals surface area contributed by atoms with Crippen LogP contribution in [0.5, 0.6) is 0 Å². The maximum absolute atomic E-state index is 12.7. The van der Waals surface area contributed by atoms with Gasteiger partial charge >= 0.3 is 5.69 Å². The van der Waals surface area contributed by atoms with Crippen LogP contribution in [0.4, 0.5) is 4.39 Å². The molecule has 1 N–H and O–H groups in total. The summed E-state index contributed by atoms with van der Waals surface area (Å²) in [5.41, 5.74) is 0.670. The lowest BCUT2D eigenvalue weighted by Gasteiger charge is -2.05. The first kappa shape index (κ1) is 8.93. The number of hydrogen-bond donors (Lipinski definition) is 1. The third-order valence-corrected chi connectivity index (χ3v) is 2.06. The van der Waals surface area contributed by atoms with E-state index in [4.69, 9.17) is 0 Å². The molecule has 0 amide bonds. The summed E-state index contributed by atoms with van der Waals surface area (Å²) in [6.07, 6.45) is 0. The number of nitrogens with zero attached hydrogens (tertiary/aromatic N) is 2. The van der Waals surface area contributed by atoms with Crippen LogP contribution in [0.15, 0.2) is 16.9 Å². The SMILES string of the molecule is CC(C)n1c(=O)[nH]c2nc(F)ccc21. The maximum atomic E-state index is 12.7. The summed E-state index contributed by atoms with van der Waals surface area (Å²) in [5, 5.41) is 0. The zero-order valence-electron chi connectivity index (χ0n) is 7.91. The Hall–Kier alpha value is -1.65. The number of nitrogens with one attached hydrogen (secondary N) is 1. The Balaban J connectivity index is 2.84. The molecule has 2 aromatic heterocycles. The Morgan fingerprint density at radius 3 is 2.86 bits per heavy atom. The van der Waals surface area contributed by atoms with Crippen LogP contribution in [-0.2, 0) is 0 Å². The molecule has 0 saturated heterocycles. The van der Waals surface area contributed by atoms with E-state index in [1.807, 2.05) is 13.8 Å². The summed E-state index contributed by atoms with van der Waals surface area (Å²) in [4.78, 5) is 17.5. The van der Waals surface area contributed by atoms with E-state index in [0.717, 1.165) is 0 Å². The van der Waals surface area contributed by atoms with Crippen LogP contribution >= 0.6 is 0 Å². The topological polar surface area (TPSA) is 50.7 Å². The fourth-order valence-electron chi connectivity index (χ4n) is 1.50. The van der Waals surface area contributed by atoms with E-state index in [9.17, 15) is 9.18 Å². The van der Waals surface area contributed by atoms with Crippen molar-refractivity contribution in [2.75, 3.05) is 0 Å². The molecule has 0 radical (unpaired) electrons. The summed E-state index contributed by atoms with van der Waals surface area (Å²) < 4.78 is 14.3. The second-order valence-electron chi connectivity index (χ2n) is 3.40. The molecular weight excluding hydrogens is 185 g/mol. The zero-order valence-corrected chi connectivity index (χ0v) is 7.91. The molecule has 0 aliphatic heterocycles. The molecule has 74 valence electrons. The molecule has 0 bridgehead atoms. The number of pyridine rings is 1. The Labute approximate surface area is 79.4 Å². The number of fused-ring (bicyclic) bond motifs is 1. The van der Waals surface area contributed by atoms with Crippen LogP contribution < -0.4 is 5.69 Å². The number of aromatic amines is 1. The highest BCUT2D eigenvalue weighted by atomic mass is 19.1. The van der Waals surface area contributed by atoms with Gasteiger partial charge in [-0.3, -0.25) is 9.55 Å². The molecule has 0 aliphatic rings. The van der Waals surface area contributed by atoms with Gasteiger partial charge in [-0.05, 0) is 26.0 Å². The van der Waals surface area contributed by atoms with Gasteiger partial charge < -0.3 is 0 Å². The summed E-state index contributed by atoms with van der Waals surface area (Å²) in [6, 6.07) is 2.83. The standard InChI is InChI=1S/C9H10FN3O/c1-5(2)13-6-3-4-7(10)11-8(6)12-9(13)14/h3-5H,1-2H3,(H,11,12,14). The molecule has 0 fully saturated rings. The van der Waals surface area contributed by atoms with Crippen LogP contribution in [0.2, 0.25) is 0 Å². The predicted octanol–water partition coefficient (Wildman–Crippen LogP) is 1.44. The van der Waals surface area contributed by atoms with Crippen LogP contribution in [0.3, 0.4) is 0 Å². The highest BCUT2D eigenvalue weighted by molar-refractivity contribution is 5.70. The third-order valence-electron chi connectivity index (χ3n) is 2.06. The lowest BCUT2D eigenvalue weighted by Crippen LogP contribution is -2.18. The van der Waals surface area contributed by atoms with Crippen LogP contribution in [0.1, 0.15) is 19.9 Å². The van der Waals surface area contributed by atoms with Crippen molar-refractivity contribution in [3.05, 3.63) is 28.6 Å². The molecule has 4 nitrogen and oxygen atoms in total. The van der Waals surface area contributed by atoms with Crippen molar-refractivity contribution in [2.24, 2.45) is 0 Å². The fraction of sp³-hybridized carbons (Fsp3) is 0.333. The first-order chi connectivity index (χ1) is 6.59. The average Bonchev–Trinajstić information content (AvgIpc) is 2.39. The van der Waals surface area contributed by atoms with E-state index in [2.05, 4.69) is 9.97 Å². The van der Waals surface area contributed by atoms with Gasteiger partial charge in [0.1, 0.15) is 0 Å². The average molecular weight is 195 g/mol. The number of hydrogen-bond acceptors (Lipinski definition) is 2. The van der Waals surface area contributed by atoms with Crippen molar-refractivity contribution in [3.63, 3.8) is 0 Å². The second kappa shape index (κ2) is 2.94. The van der Waals surface area contributed by atoms with Gasteiger partial charge in [0.25, 0.3) is 0 Å². The van der Waals surface area contributed by atoms with Crippen molar-refractivity contribution >= 4 is 11.2 Å². The lowest BCUT2D eigenvalue weighted by atomic mass is 10.3. The van der Waals surface area contributed by atoms with Crippen molar-refractivity contribution in [1.82, 2.24) is 14.5 Å². The zero-order chi connectivity index (χ0) is 10.3. The molecule has 0 saturated carbocycles. The van der Waals surface area contributed by atoms with Gasteiger partial charge in [0, 0.05) is 6.04 Å². The van der Waals surface area contributed by atoms with Crippen molar-refractivity contribution in [2.45, 2.75) is 19.9 Å². The number of halogens is 1. The number of H-pyrrole nitrogens is 1. The molecule has 14 heavy (non-hydrogen) atoms. The van der Waals surface area contributed by atoms with Crippen LogP contribution in [-0.4, -0.2) is 14.5 Å². The third kappa shape index (κ3) is 1.21. The van der Waals surface area contributed by atoms with E-state index in [1.165, 1.54) is 6.07 Å². The van der Waals surface area contributed by atoms with E-state index in [0.29, 0.717) is 11.2 Å². The summed E-state index contributed by atoms with van der Waals surface area (Å²) in [5.74, 6) is -0.588. The Bertz CT molecular complexity index is 526. The molecule has 0 unspecified atom stereocenters. The molecule has 2 heterocycles. The van der Waals surface area contributed by atoms with Gasteiger partial charge in [0.15, 0.2) is 5.65 Å². The van der Waals surface area contributed by atoms with Crippen molar-refractivity contribution in [1.29, 1.82) is 0 Å². The van der Waals surface area contributed by atoms with Gasteiger partial charge in [-0.2, -0.15) is 9.37 Å². The van der Waals surface area contributed by atoms with E-state index in [-0.39, 0.29) is 11.7 Å². The molecule has 0 aromatic carbocycles. The maximum Gasteiger partial charge on any atom is 0.327 e. The Kier molecular flexibility index (Phi) is 1.87. The quantitative estimate of drug-likeness (QED) is 0.700. The molecule has 0 atom stereocenters. The van der Waals surface area contributed by atoms with Gasteiger partial charge in [0.05, 0.1) is 5.52 Å². The molecule has 0 spiro atoms. The van der Waals surface area contributed by atoms with Crippen LogP contribution in [0.25, 0.3) is 11.2 Å². The molecular formula is C9H10FN3O. The lowest BCUT2D eigenvalue weighted by molar-refractivity contribution is 0.585. The first-order valence-electron chi connectivity index (χ1n) is 4.36. The molecule has 2 rings (SSSR count). The minimum atomic E-state index is -0.588. The molecule has 0 aliphatic carbocycles. The smallest absolute Gasteiger partial charge is 0.290 e. The molecule has 5 heteroatoms. The minimum absolute atomic E-state index is 0.0310. The number of rotatable bonds is 1. The highest BCUT2D eigenvalue weighted by Gasteiger charge is 2.10. The normalized spacial score (nSPS) is 11.4. The van der Waals surface area contributed by atoms with E-state index >= 15 is 0 Å². The van der Waals surface area contributed by atoms with Crippen LogP contribution in [0, 0.1) is 5.95 Å². The molecule has 2 aromatic rings. The summed E-state index contributed by atoms with van der Waals surface area (Å²) in [7, 11) is 0. The minimum Gasteiger partial charge on any atom is -0.290 e. The Morgan fingerprint density at radius 1 is 1.50 bits per heavy atom. The summed E-state index contributed by atoms with van der Waals surface area (Å²) in [6.45, 7) is 3.77. The monoisotopic (exact) mass is 195 g/mol. The van der Waals surface area contributed by atoms with E-state index < -0.39 is 5.95 Å². The largest absolute Gasteiger partial charge is 0.327 e. The van der Waals surface area contributed by atoms with Gasteiger partial charge in [-0.15, -0.1) is 0 Å². The highest BCUT2D eigenvalue weighted by Crippen LogP contribution is 2.12. The van der Waals surface area contributed by atoms with Gasteiger partial charge in [-0.1, -0.05) is 0 Å². The second-order valence-corrected chi connectivity index (χ2v) is 3.40. The van der Waals surface area contributed by atoms with Gasteiger partial charge in [0.2, 0.25) is 5.95 Å². The Morgan fingerprint density at radius 2 is 2.21 bits per heavy atom. The fourth-order valence-corrected chi connectivity index (χ4v) is 1.50. The van der Waals surface area contributed by atoms with Crippen molar-refractivity contribution in [3.8, 4) is 0 Å². The number of imidazole rings is 1.